The fourth-order valence-electron chi connectivity index (χ4n) is 2.96. The van der Waals surface area contributed by atoms with Crippen molar-refractivity contribution in [3.05, 3.63) is 46.3 Å². The standard InChI is InChI=1S/C19H22ClN3O5S2/c1-23(30(26,27)18-9-8-16(20)29-18)12-17(24)22-15-7-3-2-6-14(15)19(25)21-11-13-5-4-10-28-13/h2-3,6-9,13H,4-5,10-12H2,1H3,(H,21,25)(H,22,24). The number of para-hydroxylation sites is 1. The smallest absolute Gasteiger partial charge is 0.253 e. The van der Waals surface area contributed by atoms with Crippen molar-refractivity contribution in [2.45, 2.75) is 23.2 Å². The van der Waals surface area contributed by atoms with Crippen LogP contribution in [0.2, 0.25) is 4.34 Å². The van der Waals surface area contributed by atoms with E-state index < -0.39 is 22.5 Å². The maximum absolute atomic E-state index is 12.5. The second kappa shape index (κ2) is 9.88. The Hall–Kier alpha value is -1.98. The third-order valence-corrected chi connectivity index (χ3v) is 8.04. The minimum absolute atomic E-state index is 0.000291. The first-order valence-corrected chi connectivity index (χ1v) is 11.9. The molecule has 1 fully saturated rings. The van der Waals surface area contributed by atoms with Crippen LogP contribution in [0.15, 0.2) is 40.6 Å². The minimum Gasteiger partial charge on any atom is -0.376 e. The maximum atomic E-state index is 12.5. The number of nitrogens with one attached hydrogen (secondary N) is 2. The zero-order valence-corrected chi connectivity index (χ0v) is 18.6. The summed E-state index contributed by atoms with van der Waals surface area (Å²) >= 11 is 6.73. The summed E-state index contributed by atoms with van der Waals surface area (Å²) in [6.07, 6.45) is 1.87. The molecule has 8 nitrogen and oxygen atoms in total. The third kappa shape index (κ3) is 5.58. The van der Waals surface area contributed by atoms with Crippen LogP contribution < -0.4 is 10.6 Å². The molecule has 1 aliphatic rings. The van der Waals surface area contributed by atoms with Crippen molar-refractivity contribution in [1.29, 1.82) is 0 Å². The van der Waals surface area contributed by atoms with E-state index in [0.29, 0.717) is 28.7 Å². The number of carbonyl (C=O) groups is 2. The van der Waals surface area contributed by atoms with E-state index in [2.05, 4.69) is 10.6 Å². The molecule has 3 rings (SSSR count). The average Bonchev–Trinajstić information content (AvgIpc) is 3.38. The lowest BCUT2D eigenvalue weighted by atomic mass is 10.1. The topological polar surface area (TPSA) is 105 Å². The fraction of sp³-hybridized carbons (Fsp3) is 0.368. The van der Waals surface area contributed by atoms with Gasteiger partial charge in [0, 0.05) is 20.2 Å². The lowest BCUT2D eigenvalue weighted by Crippen LogP contribution is -2.35. The van der Waals surface area contributed by atoms with Crippen LogP contribution in [0.25, 0.3) is 0 Å². The van der Waals surface area contributed by atoms with Gasteiger partial charge >= 0.3 is 0 Å². The highest BCUT2D eigenvalue weighted by molar-refractivity contribution is 7.91. The molecule has 0 aliphatic carbocycles. The first-order chi connectivity index (χ1) is 14.3. The zero-order valence-electron chi connectivity index (χ0n) is 16.3. The summed E-state index contributed by atoms with van der Waals surface area (Å²) in [6, 6.07) is 9.43. The van der Waals surface area contributed by atoms with Gasteiger partial charge in [0.1, 0.15) is 4.21 Å². The van der Waals surface area contributed by atoms with Gasteiger partial charge < -0.3 is 15.4 Å². The molecule has 2 heterocycles. The molecule has 2 aromatic rings. The molecule has 2 amide bonds. The number of rotatable bonds is 8. The number of amides is 2. The predicted octanol–water partition coefficient (Wildman–Crippen LogP) is 2.57. The molecule has 1 unspecified atom stereocenters. The lowest BCUT2D eigenvalue weighted by Gasteiger charge is -2.17. The highest BCUT2D eigenvalue weighted by atomic mass is 35.5. The lowest BCUT2D eigenvalue weighted by molar-refractivity contribution is -0.116. The SMILES string of the molecule is CN(CC(=O)Nc1ccccc1C(=O)NCC1CCCO1)S(=O)(=O)c1ccc(Cl)s1. The van der Waals surface area contributed by atoms with E-state index in [0.717, 1.165) is 28.5 Å². The van der Waals surface area contributed by atoms with Crippen molar-refractivity contribution in [2.24, 2.45) is 0 Å². The van der Waals surface area contributed by atoms with Gasteiger partial charge in [0.05, 0.1) is 28.2 Å². The Labute approximate surface area is 184 Å². The maximum Gasteiger partial charge on any atom is 0.253 e. The largest absolute Gasteiger partial charge is 0.376 e. The number of hydrogen-bond donors (Lipinski definition) is 2. The van der Waals surface area contributed by atoms with Gasteiger partial charge in [-0.05, 0) is 37.1 Å². The van der Waals surface area contributed by atoms with Crippen LogP contribution in [0.1, 0.15) is 23.2 Å². The van der Waals surface area contributed by atoms with Crippen LogP contribution in [0, 0.1) is 0 Å². The molecule has 0 spiro atoms. The Morgan fingerprint density at radius 2 is 2.03 bits per heavy atom. The molecule has 162 valence electrons. The van der Waals surface area contributed by atoms with Crippen LogP contribution in [-0.2, 0) is 19.6 Å². The molecule has 1 atom stereocenters. The predicted molar refractivity (Wildman–Crippen MR) is 116 cm³/mol. The molecule has 0 radical (unpaired) electrons. The van der Waals surface area contributed by atoms with Gasteiger partial charge in [-0.15, -0.1) is 11.3 Å². The summed E-state index contributed by atoms with van der Waals surface area (Å²) < 4.78 is 31.9. The summed E-state index contributed by atoms with van der Waals surface area (Å²) in [7, 11) is -2.53. The Balaban J connectivity index is 1.63. The number of halogens is 1. The monoisotopic (exact) mass is 471 g/mol. The van der Waals surface area contributed by atoms with Gasteiger partial charge in [-0.2, -0.15) is 4.31 Å². The summed E-state index contributed by atoms with van der Waals surface area (Å²) in [5.41, 5.74) is 0.594. The molecular formula is C19H22ClN3O5S2. The number of ether oxygens (including phenoxy) is 1. The first kappa shape index (κ1) is 22.7. The molecule has 1 aromatic carbocycles. The molecule has 1 saturated heterocycles. The van der Waals surface area contributed by atoms with Gasteiger partial charge in [0.15, 0.2) is 0 Å². The van der Waals surface area contributed by atoms with Crippen LogP contribution >= 0.6 is 22.9 Å². The molecule has 30 heavy (non-hydrogen) atoms. The Morgan fingerprint density at radius 1 is 1.27 bits per heavy atom. The van der Waals surface area contributed by atoms with E-state index in [1.165, 1.54) is 19.2 Å². The number of nitrogens with zero attached hydrogens (tertiary/aromatic N) is 1. The number of likely N-dealkylation sites (N-methyl/N-ethyl adjacent to an activating group) is 1. The van der Waals surface area contributed by atoms with Crippen molar-refractivity contribution in [1.82, 2.24) is 9.62 Å². The molecule has 0 bridgehead atoms. The molecule has 0 saturated carbocycles. The highest BCUT2D eigenvalue weighted by Gasteiger charge is 2.25. The van der Waals surface area contributed by atoms with Crippen molar-refractivity contribution in [2.75, 3.05) is 32.1 Å². The molecule has 2 N–H and O–H groups in total. The summed E-state index contributed by atoms with van der Waals surface area (Å²) in [6.45, 7) is 0.677. The summed E-state index contributed by atoms with van der Waals surface area (Å²) in [4.78, 5) is 25.0. The van der Waals surface area contributed by atoms with Crippen molar-refractivity contribution >= 4 is 50.5 Å². The van der Waals surface area contributed by atoms with Crippen molar-refractivity contribution < 1.29 is 22.7 Å². The van der Waals surface area contributed by atoms with E-state index in [1.54, 1.807) is 24.3 Å². The van der Waals surface area contributed by atoms with Crippen LogP contribution in [0.4, 0.5) is 5.69 Å². The van der Waals surface area contributed by atoms with Gasteiger partial charge in [-0.1, -0.05) is 23.7 Å². The van der Waals surface area contributed by atoms with Gasteiger partial charge in [0.2, 0.25) is 5.91 Å². The van der Waals surface area contributed by atoms with E-state index >= 15 is 0 Å². The third-order valence-electron chi connectivity index (χ3n) is 4.54. The number of sulfonamides is 1. The number of carbonyl (C=O) groups excluding carboxylic acids is 2. The molecule has 1 aromatic heterocycles. The fourth-order valence-corrected chi connectivity index (χ4v) is 5.78. The van der Waals surface area contributed by atoms with Crippen LogP contribution in [-0.4, -0.2) is 57.4 Å². The van der Waals surface area contributed by atoms with E-state index in [9.17, 15) is 18.0 Å². The van der Waals surface area contributed by atoms with Gasteiger partial charge in [-0.25, -0.2) is 8.42 Å². The molecule has 1 aliphatic heterocycles. The Morgan fingerprint density at radius 3 is 2.70 bits per heavy atom. The van der Waals surface area contributed by atoms with Crippen LogP contribution in [0.3, 0.4) is 0 Å². The summed E-state index contributed by atoms with van der Waals surface area (Å²) in [5.74, 6) is -0.904. The normalized spacial score (nSPS) is 16.6. The minimum atomic E-state index is -3.84. The van der Waals surface area contributed by atoms with E-state index in [-0.39, 0.29) is 16.2 Å². The zero-order chi connectivity index (χ0) is 21.7. The number of anilines is 1. The molecule has 11 heteroatoms. The second-order valence-corrected chi connectivity index (χ2v) is 10.7. The highest BCUT2D eigenvalue weighted by Crippen LogP contribution is 2.27. The number of thiophene rings is 1. The Kier molecular flexibility index (Phi) is 7.48. The van der Waals surface area contributed by atoms with Gasteiger partial charge in [-0.3, -0.25) is 9.59 Å². The first-order valence-electron chi connectivity index (χ1n) is 9.27. The average molecular weight is 472 g/mol. The van der Waals surface area contributed by atoms with Gasteiger partial charge in [0.25, 0.3) is 15.9 Å². The quantitative estimate of drug-likeness (QED) is 0.615. The van der Waals surface area contributed by atoms with Crippen LogP contribution in [0.5, 0.6) is 0 Å². The van der Waals surface area contributed by atoms with E-state index in [4.69, 9.17) is 16.3 Å². The van der Waals surface area contributed by atoms with Crippen molar-refractivity contribution in [3.8, 4) is 0 Å². The van der Waals surface area contributed by atoms with E-state index in [1.807, 2.05) is 0 Å². The molecular weight excluding hydrogens is 450 g/mol. The Bertz CT molecular complexity index is 1020. The number of hydrogen-bond acceptors (Lipinski definition) is 6. The summed E-state index contributed by atoms with van der Waals surface area (Å²) in [5, 5.41) is 5.43. The number of benzene rings is 1. The second-order valence-electron chi connectivity index (χ2n) is 6.76. The van der Waals surface area contributed by atoms with Crippen molar-refractivity contribution in [3.63, 3.8) is 0 Å².